The van der Waals surface area contributed by atoms with Crippen LogP contribution in [0.15, 0.2) is 48.5 Å². The molecule has 0 radical (unpaired) electrons. The molecule has 2 amide bonds. The molecule has 0 saturated heterocycles. The molecule has 132 valence electrons. The van der Waals surface area contributed by atoms with Crippen LogP contribution in [0.1, 0.15) is 40.7 Å². The molecule has 1 N–H and O–H groups in total. The van der Waals surface area contributed by atoms with Gasteiger partial charge in [-0.1, -0.05) is 35.9 Å². The Labute approximate surface area is 149 Å². The average Bonchev–Trinajstić information content (AvgIpc) is 2.59. The van der Waals surface area contributed by atoms with Crippen LogP contribution in [0.4, 0.5) is 5.69 Å². The van der Waals surface area contributed by atoms with Crippen LogP contribution in [-0.2, 0) is 11.2 Å². The fourth-order valence-electron chi connectivity index (χ4n) is 2.58. The highest BCUT2D eigenvalue weighted by molar-refractivity contribution is 5.96. The zero-order chi connectivity index (χ0) is 18.2. The van der Waals surface area contributed by atoms with Crippen LogP contribution in [0.25, 0.3) is 0 Å². The van der Waals surface area contributed by atoms with Gasteiger partial charge in [-0.3, -0.25) is 9.59 Å². The van der Waals surface area contributed by atoms with Crippen molar-refractivity contribution in [3.8, 4) is 0 Å². The van der Waals surface area contributed by atoms with E-state index in [1.807, 2.05) is 0 Å². The molecule has 0 spiro atoms. The molecule has 2 rings (SSSR count). The first-order valence-corrected chi connectivity index (χ1v) is 8.63. The van der Waals surface area contributed by atoms with Crippen molar-refractivity contribution in [2.24, 2.45) is 0 Å². The van der Waals surface area contributed by atoms with Crippen molar-refractivity contribution in [2.45, 2.75) is 32.6 Å². The SMILES string of the molecule is Cc1ccc(CCCCC(=O)Nc2cccc(C(=O)N(C)C)c2)cc1. The lowest BCUT2D eigenvalue weighted by Gasteiger charge is -2.11. The lowest BCUT2D eigenvalue weighted by atomic mass is 10.1. The Bertz CT molecular complexity index is 721. The van der Waals surface area contributed by atoms with E-state index in [1.54, 1.807) is 38.4 Å². The number of carbonyl (C=O) groups is 2. The van der Waals surface area contributed by atoms with E-state index in [1.165, 1.54) is 16.0 Å². The maximum atomic E-state index is 12.1. The number of aryl methyl sites for hydroxylation is 2. The standard InChI is InChI=1S/C21H26N2O2/c1-16-11-13-17(14-12-16)7-4-5-10-20(24)22-19-9-6-8-18(15-19)21(25)23(2)3/h6,8-9,11-15H,4-5,7,10H2,1-3H3,(H,22,24). The summed E-state index contributed by atoms with van der Waals surface area (Å²) >= 11 is 0. The first-order chi connectivity index (χ1) is 12.0. The zero-order valence-corrected chi connectivity index (χ0v) is 15.2. The summed E-state index contributed by atoms with van der Waals surface area (Å²) in [6.45, 7) is 2.08. The number of amides is 2. The van der Waals surface area contributed by atoms with Crippen molar-refractivity contribution in [3.63, 3.8) is 0 Å². The van der Waals surface area contributed by atoms with Gasteiger partial charge in [-0.25, -0.2) is 0 Å². The summed E-state index contributed by atoms with van der Waals surface area (Å²) < 4.78 is 0. The molecule has 0 aliphatic heterocycles. The zero-order valence-electron chi connectivity index (χ0n) is 15.2. The number of nitrogens with one attached hydrogen (secondary N) is 1. The second kappa shape index (κ2) is 9.02. The molecule has 0 aliphatic rings. The monoisotopic (exact) mass is 338 g/mol. The Hall–Kier alpha value is -2.62. The van der Waals surface area contributed by atoms with E-state index in [0.717, 1.165) is 19.3 Å². The molecule has 0 aromatic heterocycles. The topological polar surface area (TPSA) is 49.4 Å². The van der Waals surface area contributed by atoms with Gasteiger partial charge in [0, 0.05) is 31.8 Å². The van der Waals surface area contributed by atoms with Crippen molar-refractivity contribution in [3.05, 3.63) is 65.2 Å². The van der Waals surface area contributed by atoms with Gasteiger partial charge in [-0.05, 0) is 49.9 Å². The number of nitrogens with zero attached hydrogens (tertiary/aromatic N) is 1. The number of unbranched alkanes of at least 4 members (excludes halogenated alkanes) is 1. The third-order valence-electron chi connectivity index (χ3n) is 4.04. The Morgan fingerprint density at radius 2 is 1.72 bits per heavy atom. The van der Waals surface area contributed by atoms with E-state index in [4.69, 9.17) is 0 Å². The maximum Gasteiger partial charge on any atom is 0.253 e. The molecule has 0 fully saturated rings. The van der Waals surface area contributed by atoms with Gasteiger partial charge >= 0.3 is 0 Å². The quantitative estimate of drug-likeness (QED) is 0.774. The minimum absolute atomic E-state index is 0.0154. The molecule has 2 aromatic carbocycles. The average molecular weight is 338 g/mol. The second-order valence-corrected chi connectivity index (χ2v) is 6.52. The number of carbonyl (C=O) groups excluding carboxylic acids is 2. The van der Waals surface area contributed by atoms with Crippen LogP contribution < -0.4 is 5.32 Å². The summed E-state index contributed by atoms with van der Waals surface area (Å²) in [5.41, 5.74) is 3.80. The van der Waals surface area contributed by atoms with Crippen molar-refractivity contribution in [1.82, 2.24) is 4.90 Å². The highest BCUT2D eigenvalue weighted by atomic mass is 16.2. The molecular weight excluding hydrogens is 312 g/mol. The van der Waals surface area contributed by atoms with Gasteiger partial charge in [-0.15, -0.1) is 0 Å². The third-order valence-corrected chi connectivity index (χ3v) is 4.04. The Morgan fingerprint density at radius 1 is 1.00 bits per heavy atom. The van der Waals surface area contributed by atoms with Crippen molar-refractivity contribution in [2.75, 3.05) is 19.4 Å². The molecule has 0 heterocycles. The summed E-state index contributed by atoms with van der Waals surface area (Å²) in [6.07, 6.45) is 3.30. The molecule has 0 unspecified atom stereocenters. The van der Waals surface area contributed by atoms with Crippen LogP contribution in [0.3, 0.4) is 0 Å². The molecular formula is C21H26N2O2. The van der Waals surface area contributed by atoms with Crippen molar-refractivity contribution >= 4 is 17.5 Å². The van der Waals surface area contributed by atoms with Crippen LogP contribution in [0, 0.1) is 6.92 Å². The van der Waals surface area contributed by atoms with Gasteiger partial charge < -0.3 is 10.2 Å². The van der Waals surface area contributed by atoms with Crippen molar-refractivity contribution < 1.29 is 9.59 Å². The lowest BCUT2D eigenvalue weighted by Crippen LogP contribution is -2.21. The Kier molecular flexibility index (Phi) is 6.75. The van der Waals surface area contributed by atoms with Gasteiger partial charge in [0.25, 0.3) is 5.91 Å². The van der Waals surface area contributed by atoms with Gasteiger partial charge in [0.15, 0.2) is 0 Å². The molecule has 0 bridgehead atoms. The first kappa shape index (κ1) is 18.7. The summed E-state index contributed by atoms with van der Waals surface area (Å²) in [6, 6.07) is 15.6. The number of hydrogen-bond donors (Lipinski definition) is 1. The molecule has 25 heavy (non-hydrogen) atoms. The maximum absolute atomic E-state index is 12.1. The van der Waals surface area contributed by atoms with Crippen LogP contribution in [0.2, 0.25) is 0 Å². The second-order valence-electron chi connectivity index (χ2n) is 6.52. The van der Waals surface area contributed by atoms with Gasteiger partial charge in [-0.2, -0.15) is 0 Å². The fraction of sp³-hybridized carbons (Fsp3) is 0.333. The minimum Gasteiger partial charge on any atom is -0.345 e. The summed E-state index contributed by atoms with van der Waals surface area (Å²) in [5.74, 6) is -0.0902. The molecule has 0 aliphatic carbocycles. The lowest BCUT2D eigenvalue weighted by molar-refractivity contribution is -0.116. The van der Waals surface area contributed by atoms with Gasteiger partial charge in [0.1, 0.15) is 0 Å². The minimum atomic E-state index is -0.0748. The van der Waals surface area contributed by atoms with E-state index in [9.17, 15) is 9.59 Å². The molecule has 4 nitrogen and oxygen atoms in total. The van der Waals surface area contributed by atoms with E-state index in [-0.39, 0.29) is 11.8 Å². The Balaban J connectivity index is 1.77. The summed E-state index contributed by atoms with van der Waals surface area (Å²) in [7, 11) is 3.42. The van der Waals surface area contributed by atoms with Crippen LogP contribution in [-0.4, -0.2) is 30.8 Å². The van der Waals surface area contributed by atoms with Crippen LogP contribution in [0.5, 0.6) is 0 Å². The number of hydrogen-bond acceptors (Lipinski definition) is 2. The number of rotatable bonds is 7. The molecule has 0 saturated carbocycles. The molecule has 0 atom stereocenters. The predicted molar refractivity (Wildman–Crippen MR) is 102 cm³/mol. The molecule has 4 heteroatoms. The van der Waals surface area contributed by atoms with Crippen LogP contribution >= 0.6 is 0 Å². The third kappa shape index (κ3) is 6.07. The summed E-state index contributed by atoms with van der Waals surface area (Å²) in [5, 5.41) is 2.87. The first-order valence-electron chi connectivity index (χ1n) is 8.63. The number of anilines is 1. The van der Waals surface area contributed by atoms with E-state index < -0.39 is 0 Å². The predicted octanol–water partition coefficient (Wildman–Crippen LogP) is 4.05. The van der Waals surface area contributed by atoms with Gasteiger partial charge in [0.2, 0.25) is 5.91 Å². The number of benzene rings is 2. The van der Waals surface area contributed by atoms with Crippen molar-refractivity contribution in [1.29, 1.82) is 0 Å². The van der Waals surface area contributed by atoms with Gasteiger partial charge in [0.05, 0.1) is 0 Å². The Morgan fingerprint density at radius 3 is 2.40 bits per heavy atom. The van der Waals surface area contributed by atoms with E-state index in [2.05, 4.69) is 36.5 Å². The highest BCUT2D eigenvalue weighted by Gasteiger charge is 2.09. The summed E-state index contributed by atoms with van der Waals surface area (Å²) in [4.78, 5) is 25.6. The largest absolute Gasteiger partial charge is 0.345 e. The molecule has 2 aromatic rings. The fourth-order valence-corrected chi connectivity index (χ4v) is 2.58. The van der Waals surface area contributed by atoms with E-state index >= 15 is 0 Å². The highest BCUT2D eigenvalue weighted by Crippen LogP contribution is 2.13. The smallest absolute Gasteiger partial charge is 0.253 e. The normalized spacial score (nSPS) is 10.4. The van der Waals surface area contributed by atoms with E-state index in [0.29, 0.717) is 17.7 Å².